The van der Waals surface area contributed by atoms with Crippen LogP contribution in [0.15, 0.2) is 29.7 Å². The van der Waals surface area contributed by atoms with Gasteiger partial charge in [0.25, 0.3) is 0 Å². The third-order valence-corrected chi connectivity index (χ3v) is 5.98. The van der Waals surface area contributed by atoms with Crippen LogP contribution in [0.3, 0.4) is 0 Å². The molecule has 158 valence electrons. The second-order valence-electron chi connectivity index (χ2n) is 7.32. The van der Waals surface area contributed by atoms with Crippen molar-refractivity contribution in [2.75, 3.05) is 19.7 Å². The Hall–Kier alpha value is -1.70. The molecule has 1 aromatic carbocycles. The number of allylic oxidation sites excluding steroid dienone is 1. The topological polar surface area (TPSA) is 34.1 Å². The fraction of sp³-hybridized carbons (Fsp3) is 0.500. The summed E-state index contributed by atoms with van der Waals surface area (Å²) in [5, 5.41) is 5.55. The van der Waals surface area contributed by atoms with Crippen LogP contribution < -0.4 is 5.32 Å². The van der Waals surface area contributed by atoms with Gasteiger partial charge in [0.05, 0.1) is 18.9 Å². The molecule has 1 fully saturated rings. The van der Waals surface area contributed by atoms with Crippen LogP contribution in [0.25, 0.3) is 10.6 Å². The second kappa shape index (κ2) is 11.5. The molecule has 1 aliphatic rings. The molecular formula is C22H27F3N2OS. The van der Waals surface area contributed by atoms with Gasteiger partial charge in [-0.2, -0.15) is 0 Å². The highest BCUT2D eigenvalue weighted by Crippen LogP contribution is 2.28. The van der Waals surface area contributed by atoms with Crippen LogP contribution in [0, 0.1) is 23.4 Å². The van der Waals surface area contributed by atoms with Crippen LogP contribution in [0.1, 0.15) is 44.2 Å². The van der Waals surface area contributed by atoms with Crippen molar-refractivity contribution in [2.45, 2.75) is 45.1 Å². The van der Waals surface area contributed by atoms with E-state index in [2.05, 4.69) is 22.5 Å². The van der Waals surface area contributed by atoms with Crippen molar-refractivity contribution in [3.63, 3.8) is 0 Å². The predicted octanol–water partition coefficient (Wildman–Crippen LogP) is 5.86. The number of ether oxygens (including phenoxy) is 1. The number of nitrogens with one attached hydrogen (secondary N) is 1. The third-order valence-electron chi connectivity index (χ3n) is 5.05. The minimum absolute atomic E-state index is 0.0352. The zero-order valence-corrected chi connectivity index (χ0v) is 17.2. The van der Waals surface area contributed by atoms with Crippen molar-refractivity contribution >= 4 is 11.3 Å². The summed E-state index contributed by atoms with van der Waals surface area (Å²) in [7, 11) is 0. The van der Waals surface area contributed by atoms with Crippen molar-refractivity contribution in [3.05, 3.63) is 52.8 Å². The quantitative estimate of drug-likeness (QED) is 0.311. The summed E-state index contributed by atoms with van der Waals surface area (Å²) in [5.74, 6) is -3.10. The van der Waals surface area contributed by atoms with Crippen LogP contribution in [0.2, 0.25) is 0 Å². The fourth-order valence-corrected chi connectivity index (χ4v) is 4.24. The first-order valence-electron chi connectivity index (χ1n) is 10.2. The van der Waals surface area contributed by atoms with E-state index in [-0.39, 0.29) is 5.56 Å². The lowest BCUT2D eigenvalue weighted by atomic mass is 9.98. The molecule has 2 aromatic rings. The van der Waals surface area contributed by atoms with Gasteiger partial charge in [-0.05, 0) is 63.2 Å². The van der Waals surface area contributed by atoms with Crippen molar-refractivity contribution < 1.29 is 17.9 Å². The van der Waals surface area contributed by atoms with Crippen LogP contribution in [0.4, 0.5) is 13.2 Å². The highest BCUT2D eigenvalue weighted by molar-refractivity contribution is 7.13. The number of nitrogens with zero attached hydrogens (tertiary/aromatic N) is 1. The monoisotopic (exact) mass is 424 g/mol. The normalized spacial score (nSPS) is 17.7. The number of hydrogen-bond donors (Lipinski definition) is 1. The summed E-state index contributed by atoms with van der Waals surface area (Å²) in [5.41, 5.74) is 0.617. The van der Waals surface area contributed by atoms with Crippen molar-refractivity contribution in [1.82, 2.24) is 10.3 Å². The number of hydrogen-bond acceptors (Lipinski definition) is 4. The molecule has 0 spiro atoms. The molecular weight excluding hydrogens is 397 g/mol. The average molecular weight is 425 g/mol. The van der Waals surface area contributed by atoms with Gasteiger partial charge in [-0.25, -0.2) is 18.2 Å². The van der Waals surface area contributed by atoms with Crippen LogP contribution in [0.5, 0.6) is 0 Å². The number of benzene rings is 1. The fourth-order valence-electron chi connectivity index (χ4n) is 3.42. The van der Waals surface area contributed by atoms with Crippen LogP contribution >= 0.6 is 11.3 Å². The third kappa shape index (κ3) is 6.66. The van der Waals surface area contributed by atoms with Gasteiger partial charge in [-0.1, -0.05) is 18.6 Å². The van der Waals surface area contributed by atoms with Crippen molar-refractivity contribution in [3.8, 4) is 10.6 Å². The molecule has 1 atom stereocenters. The Balaban J connectivity index is 1.35. The smallest absolute Gasteiger partial charge is 0.195 e. The molecule has 0 amide bonds. The molecule has 0 aliphatic carbocycles. The zero-order valence-electron chi connectivity index (χ0n) is 16.4. The number of thiazole rings is 1. The molecule has 1 saturated heterocycles. The van der Waals surface area contributed by atoms with Gasteiger partial charge in [0, 0.05) is 10.9 Å². The van der Waals surface area contributed by atoms with Gasteiger partial charge in [-0.15, -0.1) is 11.3 Å². The first-order chi connectivity index (χ1) is 14.1. The van der Waals surface area contributed by atoms with E-state index in [4.69, 9.17) is 4.74 Å². The van der Waals surface area contributed by atoms with E-state index >= 15 is 0 Å². The lowest BCUT2D eigenvalue weighted by Gasteiger charge is -2.12. The standard InChI is InChI=1S/C22H27F3N2OS/c23-19-10-9-18(20(24)21(19)25)22-27-17(15-29-22)14-28-12-6-2-1-3-7-16-8-4-5-11-26-13-16/h1-2,9-10,15-16,26H,3-8,11-14H2/b2-1+. The van der Waals surface area contributed by atoms with E-state index in [0.717, 1.165) is 37.9 Å². The number of halogens is 3. The van der Waals surface area contributed by atoms with Crippen molar-refractivity contribution in [1.29, 1.82) is 0 Å². The molecule has 0 saturated carbocycles. The summed E-state index contributed by atoms with van der Waals surface area (Å²) in [6, 6.07) is 2.11. The molecule has 3 nitrogen and oxygen atoms in total. The first kappa shape index (κ1) is 22.0. The summed E-state index contributed by atoms with van der Waals surface area (Å²) in [4.78, 5) is 4.26. The molecule has 0 bridgehead atoms. The Morgan fingerprint density at radius 1 is 1.14 bits per heavy atom. The van der Waals surface area contributed by atoms with Crippen LogP contribution in [-0.4, -0.2) is 24.7 Å². The highest BCUT2D eigenvalue weighted by atomic mass is 32.1. The van der Waals surface area contributed by atoms with Gasteiger partial charge in [-0.3, -0.25) is 0 Å². The molecule has 7 heteroatoms. The first-order valence-corrected chi connectivity index (χ1v) is 11.0. The predicted molar refractivity (Wildman–Crippen MR) is 110 cm³/mol. The Bertz CT molecular complexity index is 801. The van der Waals surface area contributed by atoms with E-state index in [0.29, 0.717) is 23.9 Å². The zero-order chi connectivity index (χ0) is 20.5. The molecule has 1 aliphatic heterocycles. The molecule has 3 rings (SSSR count). The Labute approximate surface area is 174 Å². The van der Waals surface area contributed by atoms with Gasteiger partial charge >= 0.3 is 0 Å². The maximum absolute atomic E-state index is 13.9. The minimum Gasteiger partial charge on any atom is -0.375 e. The van der Waals surface area contributed by atoms with E-state index in [9.17, 15) is 13.2 Å². The SMILES string of the molecule is Fc1ccc(-c2nc(COCC/C=C/CCC3CCCCNC3)cs2)c(F)c1F. The summed E-state index contributed by atoms with van der Waals surface area (Å²) >= 11 is 1.18. The highest BCUT2D eigenvalue weighted by Gasteiger charge is 2.17. The number of rotatable bonds is 9. The Morgan fingerprint density at radius 3 is 2.90 bits per heavy atom. The van der Waals surface area contributed by atoms with E-state index in [1.54, 1.807) is 5.38 Å². The summed E-state index contributed by atoms with van der Waals surface area (Å²) in [6.45, 7) is 3.18. The largest absolute Gasteiger partial charge is 0.375 e. The van der Waals surface area contributed by atoms with Crippen molar-refractivity contribution in [2.24, 2.45) is 5.92 Å². The molecule has 1 aromatic heterocycles. The number of aromatic nitrogens is 1. The van der Waals surface area contributed by atoms with Gasteiger partial charge in [0.15, 0.2) is 17.5 Å². The van der Waals surface area contributed by atoms with Gasteiger partial charge in [0.1, 0.15) is 5.01 Å². The summed E-state index contributed by atoms with van der Waals surface area (Å²) < 4.78 is 45.9. The maximum atomic E-state index is 13.9. The maximum Gasteiger partial charge on any atom is 0.195 e. The molecule has 1 N–H and O–H groups in total. The van der Waals surface area contributed by atoms with E-state index < -0.39 is 17.5 Å². The van der Waals surface area contributed by atoms with Gasteiger partial charge < -0.3 is 10.1 Å². The lowest BCUT2D eigenvalue weighted by Crippen LogP contribution is -2.20. The van der Waals surface area contributed by atoms with E-state index in [1.807, 2.05) is 0 Å². The second-order valence-corrected chi connectivity index (χ2v) is 8.18. The van der Waals surface area contributed by atoms with Crippen LogP contribution in [-0.2, 0) is 11.3 Å². The molecule has 1 unspecified atom stereocenters. The Kier molecular flexibility index (Phi) is 8.70. The molecule has 0 radical (unpaired) electrons. The minimum atomic E-state index is -1.47. The summed E-state index contributed by atoms with van der Waals surface area (Å²) in [6.07, 6.45) is 11.5. The van der Waals surface area contributed by atoms with E-state index in [1.165, 1.54) is 43.1 Å². The molecule has 29 heavy (non-hydrogen) atoms. The van der Waals surface area contributed by atoms with Gasteiger partial charge in [0.2, 0.25) is 0 Å². The average Bonchev–Trinajstić information content (AvgIpc) is 3.02. The Morgan fingerprint density at radius 2 is 2.00 bits per heavy atom. The molecule has 2 heterocycles. The lowest BCUT2D eigenvalue weighted by molar-refractivity contribution is 0.123.